The van der Waals surface area contributed by atoms with Gasteiger partial charge in [0.2, 0.25) is 0 Å². The van der Waals surface area contributed by atoms with Gasteiger partial charge in [0.15, 0.2) is 0 Å². The van der Waals surface area contributed by atoms with E-state index in [1.165, 1.54) is 0 Å². The maximum atomic E-state index is 11.2. The Labute approximate surface area is 96.1 Å². The van der Waals surface area contributed by atoms with E-state index in [4.69, 9.17) is 4.74 Å². The molecule has 0 saturated carbocycles. The van der Waals surface area contributed by atoms with Crippen LogP contribution in [0.25, 0.3) is 0 Å². The minimum Gasteiger partial charge on any atom is -0.466 e. The van der Waals surface area contributed by atoms with Crippen molar-refractivity contribution in [3.8, 4) is 0 Å². The smallest absolute Gasteiger partial charge is 0.308 e. The van der Waals surface area contributed by atoms with Crippen LogP contribution in [0.1, 0.15) is 36.1 Å². The molecule has 0 aliphatic heterocycles. The van der Waals surface area contributed by atoms with Crippen molar-refractivity contribution in [2.24, 2.45) is 0 Å². The van der Waals surface area contributed by atoms with E-state index >= 15 is 0 Å². The van der Waals surface area contributed by atoms with E-state index in [1.807, 2.05) is 32.0 Å². The van der Waals surface area contributed by atoms with Gasteiger partial charge in [-0.1, -0.05) is 29.3 Å². The van der Waals surface area contributed by atoms with Gasteiger partial charge in [-0.3, -0.25) is 4.79 Å². The highest BCUT2D eigenvalue weighted by molar-refractivity contribution is 5.70. The van der Waals surface area contributed by atoms with E-state index in [0.29, 0.717) is 6.61 Å². The molecule has 3 nitrogen and oxygen atoms in total. The maximum Gasteiger partial charge on any atom is 0.308 e. The standard InChI is InChI=1S/C13H18O3/c1-4-16-13(15)8-12(14)11-6-9(2)5-10(3)7-11/h5-7,12,14H,4,8H2,1-3H3. The summed E-state index contributed by atoms with van der Waals surface area (Å²) in [4.78, 5) is 11.2. The number of rotatable bonds is 4. The third kappa shape index (κ3) is 3.66. The third-order valence-electron chi connectivity index (χ3n) is 2.29. The molecule has 0 aliphatic carbocycles. The average molecular weight is 222 g/mol. The second-order valence-corrected chi connectivity index (χ2v) is 3.95. The van der Waals surface area contributed by atoms with Crippen molar-refractivity contribution < 1.29 is 14.6 Å². The van der Waals surface area contributed by atoms with Gasteiger partial charge in [-0.2, -0.15) is 0 Å². The van der Waals surface area contributed by atoms with Crippen molar-refractivity contribution in [2.45, 2.75) is 33.3 Å². The molecule has 0 heterocycles. The predicted molar refractivity (Wildman–Crippen MR) is 62.1 cm³/mol. The third-order valence-corrected chi connectivity index (χ3v) is 2.29. The van der Waals surface area contributed by atoms with Gasteiger partial charge in [0.25, 0.3) is 0 Å². The van der Waals surface area contributed by atoms with E-state index in [2.05, 4.69) is 0 Å². The van der Waals surface area contributed by atoms with Gasteiger partial charge in [0.05, 0.1) is 19.1 Å². The molecule has 0 radical (unpaired) electrons. The summed E-state index contributed by atoms with van der Waals surface area (Å²) in [6.45, 7) is 6.03. The largest absolute Gasteiger partial charge is 0.466 e. The predicted octanol–water partition coefficient (Wildman–Crippen LogP) is 2.29. The van der Waals surface area contributed by atoms with Crippen LogP contribution in [-0.4, -0.2) is 17.7 Å². The number of hydrogen-bond donors (Lipinski definition) is 1. The molecule has 1 atom stereocenters. The lowest BCUT2D eigenvalue weighted by Gasteiger charge is -2.12. The lowest BCUT2D eigenvalue weighted by molar-refractivity contribution is -0.145. The highest BCUT2D eigenvalue weighted by atomic mass is 16.5. The fourth-order valence-electron chi connectivity index (χ4n) is 1.70. The minimum atomic E-state index is -0.780. The fourth-order valence-corrected chi connectivity index (χ4v) is 1.70. The van der Waals surface area contributed by atoms with Gasteiger partial charge in [-0.25, -0.2) is 0 Å². The molecular weight excluding hydrogens is 204 g/mol. The van der Waals surface area contributed by atoms with Crippen LogP contribution in [0.3, 0.4) is 0 Å². The highest BCUT2D eigenvalue weighted by Crippen LogP contribution is 2.20. The number of hydrogen-bond acceptors (Lipinski definition) is 3. The van der Waals surface area contributed by atoms with Crippen LogP contribution in [0, 0.1) is 13.8 Å². The second kappa shape index (κ2) is 5.66. The monoisotopic (exact) mass is 222 g/mol. The molecular formula is C13H18O3. The Hall–Kier alpha value is -1.35. The van der Waals surface area contributed by atoms with Crippen molar-refractivity contribution in [3.63, 3.8) is 0 Å². The summed E-state index contributed by atoms with van der Waals surface area (Å²) >= 11 is 0. The number of esters is 1. The molecule has 1 aromatic rings. The number of aryl methyl sites for hydroxylation is 2. The van der Waals surface area contributed by atoms with Gasteiger partial charge < -0.3 is 9.84 Å². The number of ether oxygens (including phenoxy) is 1. The molecule has 0 aliphatic rings. The molecule has 1 aromatic carbocycles. The van der Waals surface area contributed by atoms with Gasteiger partial charge in [0.1, 0.15) is 0 Å². The Morgan fingerprint density at radius 2 is 1.88 bits per heavy atom. The number of carbonyl (C=O) groups is 1. The zero-order chi connectivity index (χ0) is 12.1. The number of carbonyl (C=O) groups excluding carboxylic acids is 1. The first-order valence-electron chi connectivity index (χ1n) is 5.44. The number of aliphatic hydroxyl groups is 1. The summed E-state index contributed by atoms with van der Waals surface area (Å²) in [6.07, 6.45) is -0.769. The molecule has 0 aromatic heterocycles. The molecule has 0 spiro atoms. The summed E-state index contributed by atoms with van der Waals surface area (Å²) in [7, 11) is 0. The van der Waals surface area contributed by atoms with Crippen LogP contribution in [0.15, 0.2) is 18.2 Å². The molecule has 0 saturated heterocycles. The molecule has 88 valence electrons. The number of benzene rings is 1. The maximum absolute atomic E-state index is 11.2. The zero-order valence-corrected chi connectivity index (χ0v) is 9.99. The molecule has 0 bridgehead atoms. The lowest BCUT2D eigenvalue weighted by atomic mass is 10.0. The first-order valence-corrected chi connectivity index (χ1v) is 5.44. The molecule has 1 rings (SSSR count). The summed E-state index contributed by atoms with van der Waals surface area (Å²) in [6, 6.07) is 5.80. The topological polar surface area (TPSA) is 46.5 Å². The van der Waals surface area contributed by atoms with Crippen LogP contribution >= 0.6 is 0 Å². The molecule has 3 heteroatoms. The van der Waals surface area contributed by atoms with Crippen LogP contribution in [0.2, 0.25) is 0 Å². The first kappa shape index (κ1) is 12.7. The number of aliphatic hydroxyl groups excluding tert-OH is 1. The van der Waals surface area contributed by atoms with Gasteiger partial charge in [-0.05, 0) is 26.3 Å². The average Bonchev–Trinajstić information content (AvgIpc) is 2.16. The molecule has 1 unspecified atom stereocenters. The quantitative estimate of drug-likeness (QED) is 0.795. The molecule has 16 heavy (non-hydrogen) atoms. The fraction of sp³-hybridized carbons (Fsp3) is 0.462. The summed E-state index contributed by atoms with van der Waals surface area (Å²) in [5.41, 5.74) is 2.93. The van der Waals surface area contributed by atoms with E-state index in [0.717, 1.165) is 16.7 Å². The first-order chi connectivity index (χ1) is 7.52. The van der Waals surface area contributed by atoms with Gasteiger partial charge >= 0.3 is 5.97 Å². The Morgan fingerprint density at radius 3 is 2.38 bits per heavy atom. The van der Waals surface area contributed by atoms with Gasteiger partial charge in [0, 0.05) is 0 Å². The van der Waals surface area contributed by atoms with Crippen molar-refractivity contribution in [1.29, 1.82) is 0 Å². The zero-order valence-electron chi connectivity index (χ0n) is 9.99. The van der Waals surface area contributed by atoms with E-state index in [1.54, 1.807) is 6.92 Å². The highest BCUT2D eigenvalue weighted by Gasteiger charge is 2.14. The van der Waals surface area contributed by atoms with E-state index in [-0.39, 0.29) is 12.4 Å². The normalized spacial score (nSPS) is 12.2. The van der Waals surface area contributed by atoms with Crippen molar-refractivity contribution in [1.82, 2.24) is 0 Å². The summed E-state index contributed by atoms with van der Waals surface area (Å²) < 4.78 is 4.80. The van der Waals surface area contributed by atoms with Crippen LogP contribution in [0.5, 0.6) is 0 Å². The van der Waals surface area contributed by atoms with E-state index in [9.17, 15) is 9.90 Å². The molecule has 1 N–H and O–H groups in total. The Bertz CT molecular complexity index is 351. The second-order valence-electron chi connectivity index (χ2n) is 3.95. The summed E-state index contributed by atoms with van der Waals surface area (Å²) in [5.74, 6) is -0.367. The van der Waals surface area contributed by atoms with Crippen molar-refractivity contribution >= 4 is 5.97 Å². The van der Waals surface area contributed by atoms with Crippen LogP contribution in [0.4, 0.5) is 0 Å². The summed E-state index contributed by atoms with van der Waals surface area (Å²) in [5, 5.41) is 9.87. The van der Waals surface area contributed by atoms with Crippen molar-refractivity contribution in [2.75, 3.05) is 6.61 Å². The molecule has 0 amide bonds. The van der Waals surface area contributed by atoms with Crippen LogP contribution in [-0.2, 0) is 9.53 Å². The van der Waals surface area contributed by atoms with E-state index < -0.39 is 6.10 Å². The van der Waals surface area contributed by atoms with Crippen LogP contribution < -0.4 is 0 Å². The van der Waals surface area contributed by atoms with Gasteiger partial charge in [-0.15, -0.1) is 0 Å². The Kier molecular flexibility index (Phi) is 4.50. The SMILES string of the molecule is CCOC(=O)CC(O)c1cc(C)cc(C)c1. The molecule has 0 fully saturated rings. The Balaban J connectivity index is 2.72. The Morgan fingerprint density at radius 1 is 1.31 bits per heavy atom. The minimum absolute atomic E-state index is 0.0106. The van der Waals surface area contributed by atoms with Crippen molar-refractivity contribution in [3.05, 3.63) is 34.9 Å². The lowest BCUT2D eigenvalue weighted by Crippen LogP contribution is -2.10.